The molecule has 1 fully saturated rings. The standard InChI is InChI=1S/C17H22N2O3/c20-15(21)7-3-10-18-16(22)19-11-13-5-1-2-6-14(13)17(12-19)8-4-9-17/h1-2,5-6H,3-4,7-12H2,(H,18,22)(H,20,21). The number of carboxylic acids is 1. The van der Waals surface area contributed by atoms with E-state index in [0.717, 1.165) is 19.4 Å². The zero-order valence-corrected chi connectivity index (χ0v) is 12.7. The summed E-state index contributed by atoms with van der Waals surface area (Å²) >= 11 is 0. The fraction of sp³-hybridized carbons (Fsp3) is 0.529. The molecule has 5 heteroatoms. The van der Waals surface area contributed by atoms with Gasteiger partial charge in [0.2, 0.25) is 0 Å². The number of amides is 2. The number of hydrogen-bond acceptors (Lipinski definition) is 2. The van der Waals surface area contributed by atoms with Crippen molar-refractivity contribution in [1.82, 2.24) is 10.2 Å². The summed E-state index contributed by atoms with van der Waals surface area (Å²) in [4.78, 5) is 24.7. The molecule has 0 bridgehead atoms. The number of carboxylic acid groups (broad SMARTS) is 1. The molecule has 1 aromatic carbocycles. The van der Waals surface area contributed by atoms with Gasteiger partial charge in [-0.2, -0.15) is 0 Å². The maximum Gasteiger partial charge on any atom is 0.317 e. The van der Waals surface area contributed by atoms with Crippen molar-refractivity contribution >= 4 is 12.0 Å². The van der Waals surface area contributed by atoms with Gasteiger partial charge in [-0.1, -0.05) is 30.7 Å². The predicted molar refractivity (Wildman–Crippen MR) is 82.6 cm³/mol. The first-order valence-corrected chi connectivity index (χ1v) is 7.94. The van der Waals surface area contributed by atoms with Crippen LogP contribution in [0.15, 0.2) is 24.3 Å². The van der Waals surface area contributed by atoms with Crippen molar-refractivity contribution in [2.75, 3.05) is 13.1 Å². The molecule has 0 atom stereocenters. The number of nitrogens with zero attached hydrogens (tertiary/aromatic N) is 1. The summed E-state index contributed by atoms with van der Waals surface area (Å²) < 4.78 is 0. The molecule has 1 aliphatic heterocycles. The summed E-state index contributed by atoms with van der Waals surface area (Å²) in [5, 5.41) is 11.5. The van der Waals surface area contributed by atoms with Crippen LogP contribution in [-0.4, -0.2) is 35.1 Å². The van der Waals surface area contributed by atoms with Gasteiger partial charge in [-0.15, -0.1) is 0 Å². The molecule has 2 aliphatic rings. The molecule has 5 nitrogen and oxygen atoms in total. The Balaban J connectivity index is 1.64. The molecule has 2 N–H and O–H groups in total. The van der Waals surface area contributed by atoms with E-state index in [4.69, 9.17) is 5.11 Å². The number of aliphatic carboxylic acids is 1. The van der Waals surface area contributed by atoms with Crippen molar-refractivity contribution in [3.05, 3.63) is 35.4 Å². The molecule has 0 unspecified atom stereocenters. The first kappa shape index (κ1) is 14.9. The second-order valence-electron chi connectivity index (χ2n) is 6.38. The van der Waals surface area contributed by atoms with Gasteiger partial charge in [0.1, 0.15) is 0 Å². The van der Waals surface area contributed by atoms with Gasteiger partial charge in [-0.05, 0) is 30.4 Å². The summed E-state index contributed by atoms with van der Waals surface area (Å²) in [6.07, 6.45) is 4.08. The SMILES string of the molecule is O=C(O)CCCNC(=O)N1Cc2ccccc2C2(CCC2)C1. The fourth-order valence-corrected chi connectivity index (χ4v) is 3.61. The number of fused-ring (bicyclic) bond motifs is 2. The Morgan fingerprint density at radius 3 is 2.73 bits per heavy atom. The largest absolute Gasteiger partial charge is 0.481 e. The molecule has 3 rings (SSSR count). The van der Waals surface area contributed by atoms with Gasteiger partial charge in [0.15, 0.2) is 0 Å². The third-order valence-electron chi connectivity index (χ3n) is 4.88. The van der Waals surface area contributed by atoms with Gasteiger partial charge in [-0.3, -0.25) is 4.79 Å². The van der Waals surface area contributed by atoms with Crippen molar-refractivity contribution < 1.29 is 14.7 Å². The van der Waals surface area contributed by atoms with Gasteiger partial charge in [0, 0.05) is 31.5 Å². The van der Waals surface area contributed by atoms with E-state index in [1.54, 1.807) is 0 Å². The van der Waals surface area contributed by atoms with Crippen LogP contribution in [0.2, 0.25) is 0 Å². The quantitative estimate of drug-likeness (QED) is 0.840. The van der Waals surface area contributed by atoms with Gasteiger partial charge in [0.05, 0.1) is 0 Å². The second kappa shape index (κ2) is 5.99. The Hall–Kier alpha value is -2.04. The smallest absolute Gasteiger partial charge is 0.317 e. The van der Waals surface area contributed by atoms with E-state index in [0.29, 0.717) is 19.5 Å². The van der Waals surface area contributed by atoms with Crippen molar-refractivity contribution in [2.45, 2.75) is 44.1 Å². The highest BCUT2D eigenvalue weighted by atomic mass is 16.4. The van der Waals surface area contributed by atoms with Crippen LogP contribution in [0.5, 0.6) is 0 Å². The van der Waals surface area contributed by atoms with Gasteiger partial charge >= 0.3 is 12.0 Å². The van der Waals surface area contributed by atoms with Crippen LogP contribution in [0.4, 0.5) is 4.79 Å². The number of carbonyl (C=O) groups is 2. The minimum absolute atomic E-state index is 0.0776. The fourth-order valence-electron chi connectivity index (χ4n) is 3.61. The lowest BCUT2D eigenvalue weighted by atomic mass is 9.61. The van der Waals surface area contributed by atoms with Crippen molar-refractivity contribution in [1.29, 1.82) is 0 Å². The first-order valence-electron chi connectivity index (χ1n) is 7.94. The summed E-state index contributed by atoms with van der Waals surface area (Å²) in [6, 6.07) is 8.35. The molecule has 1 spiro atoms. The second-order valence-corrected chi connectivity index (χ2v) is 6.38. The van der Waals surface area contributed by atoms with Crippen molar-refractivity contribution in [3.8, 4) is 0 Å². The normalized spacial score (nSPS) is 18.5. The number of hydrogen-bond donors (Lipinski definition) is 2. The third kappa shape index (κ3) is 2.80. The van der Waals surface area contributed by atoms with E-state index in [1.807, 2.05) is 11.0 Å². The number of benzene rings is 1. The van der Waals surface area contributed by atoms with E-state index in [-0.39, 0.29) is 17.9 Å². The molecule has 1 aliphatic carbocycles. The average molecular weight is 302 g/mol. The summed E-state index contributed by atoms with van der Waals surface area (Å²) in [6.45, 7) is 1.83. The summed E-state index contributed by atoms with van der Waals surface area (Å²) in [7, 11) is 0. The highest BCUT2D eigenvalue weighted by Gasteiger charge is 2.45. The minimum atomic E-state index is -0.824. The highest BCUT2D eigenvalue weighted by molar-refractivity contribution is 5.75. The van der Waals surface area contributed by atoms with Crippen LogP contribution in [0.25, 0.3) is 0 Å². The molecular formula is C17H22N2O3. The first-order chi connectivity index (χ1) is 10.6. The van der Waals surface area contributed by atoms with E-state index >= 15 is 0 Å². The number of carbonyl (C=O) groups excluding carboxylic acids is 1. The molecule has 1 saturated carbocycles. The lowest BCUT2D eigenvalue weighted by Crippen LogP contribution is -2.53. The Labute approximate surface area is 130 Å². The van der Waals surface area contributed by atoms with Crippen LogP contribution in [0.1, 0.15) is 43.2 Å². The average Bonchev–Trinajstić information content (AvgIpc) is 2.48. The van der Waals surface area contributed by atoms with Gasteiger partial charge in [0.25, 0.3) is 0 Å². The van der Waals surface area contributed by atoms with Crippen LogP contribution < -0.4 is 5.32 Å². The molecule has 0 saturated heterocycles. The Kier molecular flexibility index (Phi) is 4.05. The zero-order chi connectivity index (χ0) is 15.6. The van der Waals surface area contributed by atoms with Crippen LogP contribution in [0, 0.1) is 0 Å². The van der Waals surface area contributed by atoms with Crippen LogP contribution >= 0.6 is 0 Å². The lowest BCUT2D eigenvalue weighted by Gasteiger charge is -2.49. The van der Waals surface area contributed by atoms with Gasteiger partial charge in [-0.25, -0.2) is 4.79 Å². The Morgan fingerprint density at radius 2 is 2.05 bits per heavy atom. The molecular weight excluding hydrogens is 280 g/mol. The molecule has 22 heavy (non-hydrogen) atoms. The van der Waals surface area contributed by atoms with Crippen LogP contribution in [-0.2, 0) is 16.8 Å². The van der Waals surface area contributed by atoms with E-state index in [2.05, 4.69) is 23.5 Å². The Bertz CT molecular complexity index is 581. The lowest BCUT2D eigenvalue weighted by molar-refractivity contribution is -0.137. The molecule has 0 radical (unpaired) electrons. The minimum Gasteiger partial charge on any atom is -0.481 e. The van der Waals surface area contributed by atoms with Crippen molar-refractivity contribution in [2.24, 2.45) is 0 Å². The molecule has 0 aromatic heterocycles. The van der Waals surface area contributed by atoms with Gasteiger partial charge < -0.3 is 15.3 Å². The zero-order valence-electron chi connectivity index (χ0n) is 12.7. The number of rotatable bonds is 4. The summed E-state index contributed by atoms with van der Waals surface area (Å²) in [5.41, 5.74) is 2.80. The maximum atomic E-state index is 12.3. The maximum absolute atomic E-state index is 12.3. The van der Waals surface area contributed by atoms with E-state index in [9.17, 15) is 9.59 Å². The molecule has 118 valence electrons. The topological polar surface area (TPSA) is 69.6 Å². The van der Waals surface area contributed by atoms with Crippen LogP contribution in [0.3, 0.4) is 0 Å². The monoisotopic (exact) mass is 302 g/mol. The molecule has 2 amide bonds. The number of urea groups is 1. The van der Waals surface area contributed by atoms with E-state index < -0.39 is 5.97 Å². The Morgan fingerprint density at radius 1 is 1.27 bits per heavy atom. The highest BCUT2D eigenvalue weighted by Crippen LogP contribution is 2.48. The number of nitrogens with one attached hydrogen (secondary N) is 1. The van der Waals surface area contributed by atoms with Crippen molar-refractivity contribution in [3.63, 3.8) is 0 Å². The molecule has 1 aromatic rings. The molecule has 1 heterocycles. The predicted octanol–water partition coefficient (Wildman–Crippen LogP) is 2.50. The third-order valence-corrected chi connectivity index (χ3v) is 4.88. The van der Waals surface area contributed by atoms with E-state index in [1.165, 1.54) is 17.5 Å². The summed E-state index contributed by atoms with van der Waals surface area (Å²) in [5.74, 6) is -0.824.